The Balaban J connectivity index is 1.41. The van der Waals surface area contributed by atoms with E-state index in [9.17, 15) is 4.79 Å². The Morgan fingerprint density at radius 3 is 2.57 bits per heavy atom. The Hall–Kier alpha value is -2.74. The van der Waals surface area contributed by atoms with E-state index in [1.165, 1.54) is 7.11 Å². The van der Waals surface area contributed by atoms with Crippen LogP contribution in [-0.4, -0.2) is 44.1 Å². The summed E-state index contributed by atoms with van der Waals surface area (Å²) in [5, 5.41) is 11.6. The summed E-state index contributed by atoms with van der Waals surface area (Å²) in [6.45, 7) is 0.949. The van der Waals surface area contributed by atoms with Gasteiger partial charge in [0.1, 0.15) is 17.2 Å². The molecule has 160 valence electrons. The molecule has 2 bridgehead atoms. The maximum absolute atomic E-state index is 11.8. The molecule has 0 atom stereocenters. The SMILES string of the molecule is COC(=O)C12CC(COc3nnc(Cl)cc3NCc3ccc(OC)cc3OC)(C1)C2. The normalized spacial score (nSPS) is 23.6. The van der Waals surface area contributed by atoms with Crippen molar-refractivity contribution in [1.82, 2.24) is 10.2 Å². The maximum atomic E-state index is 11.8. The van der Waals surface area contributed by atoms with Crippen molar-refractivity contribution in [2.45, 2.75) is 25.8 Å². The van der Waals surface area contributed by atoms with Crippen molar-refractivity contribution in [1.29, 1.82) is 0 Å². The van der Waals surface area contributed by atoms with E-state index in [1.807, 2.05) is 18.2 Å². The lowest BCUT2D eigenvalue weighted by atomic mass is 9.35. The predicted molar refractivity (Wildman–Crippen MR) is 110 cm³/mol. The van der Waals surface area contributed by atoms with E-state index >= 15 is 0 Å². The predicted octanol–water partition coefficient (Wildman–Crippen LogP) is 3.48. The van der Waals surface area contributed by atoms with E-state index in [0.29, 0.717) is 30.5 Å². The topological polar surface area (TPSA) is 91.8 Å². The van der Waals surface area contributed by atoms with Gasteiger partial charge in [0.15, 0.2) is 5.15 Å². The van der Waals surface area contributed by atoms with Crippen LogP contribution in [0.5, 0.6) is 17.4 Å². The molecule has 3 aliphatic carbocycles. The first kappa shape index (κ1) is 20.5. The highest BCUT2D eigenvalue weighted by atomic mass is 35.5. The van der Waals surface area contributed by atoms with Gasteiger partial charge in [-0.1, -0.05) is 11.6 Å². The molecule has 30 heavy (non-hydrogen) atoms. The van der Waals surface area contributed by atoms with Crippen LogP contribution in [0.4, 0.5) is 5.69 Å². The molecule has 0 saturated heterocycles. The maximum Gasteiger partial charge on any atom is 0.311 e. The van der Waals surface area contributed by atoms with Crippen molar-refractivity contribution in [3.8, 4) is 17.4 Å². The standard InChI is InChI=1S/C21H24ClN3O5/c1-27-14-5-4-13(16(6-14)28-2)8-23-15-7-17(22)24-25-18(15)30-12-20-9-21(10-20,11-20)19(26)29-3/h4-7H,8-12H2,1-3H3,(H,23,24). The third-order valence-corrected chi connectivity index (χ3v) is 6.15. The second-order valence-electron chi connectivity index (χ2n) is 8.01. The summed E-state index contributed by atoms with van der Waals surface area (Å²) < 4.78 is 21.6. The number of esters is 1. The van der Waals surface area contributed by atoms with Gasteiger partial charge in [0.2, 0.25) is 0 Å². The smallest absolute Gasteiger partial charge is 0.311 e. The molecule has 9 heteroatoms. The van der Waals surface area contributed by atoms with E-state index in [0.717, 1.165) is 30.6 Å². The van der Waals surface area contributed by atoms with Gasteiger partial charge in [0.05, 0.1) is 33.4 Å². The van der Waals surface area contributed by atoms with Gasteiger partial charge in [-0.05, 0) is 31.4 Å². The van der Waals surface area contributed by atoms with Crippen LogP contribution in [0.2, 0.25) is 5.15 Å². The van der Waals surface area contributed by atoms with E-state index < -0.39 is 0 Å². The summed E-state index contributed by atoms with van der Waals surface area (Å²) in [7, 11) is 4.66. The van der Waals surface area contributed by atoms with Crippen LogP contribution >= 0.6 is 11.6 Å². The number of anilines is 1. The molecule has 0 unspecified atom stereocenters. The minimum Gasteiger partial charge on any atom is -0.497 e. The number of hydrogen-bond donors (Lipinski definition) is 1. The zero-order valence-corrected chi connectivity index (χ0v) is 17.9. The highest BCUT2D eigenvalue weighted by Crippen LogP contribution is 2.73. The van der Waals surface area contributed by atoms with Crippen molar-refractivity contribution in [3.63, 3.8) is 0 Å². The van der Waals surface area contributed by atoms with Gasteiger partial charge < -0.3 is 24.3 Å². The molecule has 1 N–H and O–H groups in total. The molecule has 1 aromatic carbocycles. The van der Waals surface area contributed by atoms with E-state index in [2.05, 4.69) is 15.5 Å². The van der Waals surface area contributed by atoms with Crippen LogP contribution in [0.3, 0.4) is 0 Å². The molecule has 1 aromatic heterocycles. The molecule has 5 rings (SSSR count). The van der Waals surface area contributed by atoms with Crippen LogP contribution in [0, 0.1) is 10.8 Å². The van der Waals surface area contributed by atoms with E-state index in [4.69, 9.17) is 30.5 Å². The molecule has 3 aliphatic rings. The molecule has 1 heterocycles. The lowest BCUT2D eigenvalue weighted by molar-refractivity contribution is -0.233. The van der Waals surface area contributed by atoms with Crippen LogP contribution in [0.1, 0.15) is 24.8 Å². The van der Waals surface area contributed by atoms with Crippen molar-refractivity contribution in [2.24, 2.45) is 10.8 Å². The Labute approximate surface area is 179 Å². The lowest BCUT2D eigenvalue weighted by Gasteiger charge is -2.67. The Morgan fingerprint density at radius 1 is 1.13 bits per heavy atom. The van der Waals surface area contributed by atoms with Crippen LogP contribution < -0.4 is 19.5 Å². The molecule has 0 amide bonds. The summed E-state index contributed by atoms with van der Waals surface area (Å²) in [5.74, 6) is 1.69. The number of hydrogen-bond acceptors (Lipinski definition) is 8. The average Bonchev–Trinajstić information content (AvgIpc) is 2.70. The summed E-state index contributed by atoms with van der Waals surface area (Å²) in [6, 6.07) is 7.30. The van der Waals surface area contributed by atoms with Crippen LogP contribution in [0.15, 0.2) is 24.3 Å². The monoisotopic (exact) mass is 433 g/mol. The third kappa shape index (κ3) is 3.60. The highest BCUT2D eigenvalue weighted by molar-refractivity contribution is 6.29. The first-order chi connectivity index (χ1) is 14.4. The molecule has 2 aromatic rings. The van der Waals surface area contributed by atoms with Gasteiger partial charge >= 0.3 is 5.97 Å². The minimum absolute atomic E-state index is 0.0198. The summed E-state index contributed by atoms with van der Waals surface area (Å²) in [6.07, 6.45) is 2.37. The fourth-order valence-corrected chi connectivity index (χ4v) is 4.73. The molecule has 3 fully saturated rings. The van der Waals surface area contributed by atoms with Crippen molar-refractivity contribution in [2.75, 3.05) is 33.3 Å². The Bertz CT molecular complexity index is 948. The zero-order valence-electron chi connectivity index (χ0n) is 17.2. The molecule has 3 saturated carbocycles. The van der Waals surface area contributed by atoms with Gasteiger partial charge in [-0.15, -0.1) is 10.2 Å². The van der Waals surface area contributed by atoms with E-state index in [1.54, 1.807) is 20.3 Å². The number of carbonyl (C=O) groups is 1. The summed E-state index contributed by atoms with van der Waals surface area (Å²) >= 11 is 6.04. The fourth-order valence-electron chi connectivity index (χ4n) is 4.58. The number of benzene rings is 1. The van der Waals surface area contributed by atoms with Crippen LogP contribution in [-0.2, 0) is 16.1 Å². The first-order valence-corrected chi connectivity index (χ1v) is 10.00. The zero-order chi connectivity index (χ0) is 21.4. The van der Waals surface area contributed by atoms with Gasteiger partial charge in [0.25, 0.3) is 5.88 Å². The molecule has 0 aliphatic heterocycles. The lowest BCUT2D eigenvalue weighted by Crippen LogP contribution is -2.67. The molecular formula is C21H24ClN3O5. The quantitative estimate of drug-likeness (QED) is 0.601. The Kier molecular flexibility index (Phi) is 5.36. The highest BCUT2D eigenvalue weighted by Gasteiger charge is 2.72. The number of nitrogens with zero attached hydrogens (tertiary/aromatic N) is 2. The second kappa shape index (κ2) is 7.83. The number of nitrogens with one attached hydrogen (secondary N) is 1. The number of methoxy groups -OCH3 is 3. The fraction of sp³-hybridized carbons (Fsp3) is 0.476. The van der Waals surface area contributed by atoms with E-state index in [-0.39, 0.29) is 22.0 Å². The van der Waals surface area contributed by atoms with Gasteiger partial charge in [-0.2, -0.15) is 0 Å². The van der Waals surface area contributed by atoms with Crippen LogP contribution in [0.25, 0.3) is 0 Å². The van der Waals surface area contributed by atoms with Crippen molar-refractivity contribution < 1.29 is 23.7 Å². The Morgan fingerprint density at radius 2 is 1.90 bits per heavy atom. The molecule has 0 spiro atoms. The second-order valence-corrected chi connectivity index (χ2v) is 8.40. The number of aromatic nitrogens is 2. The first-order valence-electron chi connectivity index (χ1n) is 9.62. The molecule has 0 radical (unpaired) electrons. The van der Waals surface area contributed by atoms with Gasteiger partial charge in [-0.25, -0.2) is 0 Å². The third-order valence-electron chi connectivity index (χ3n) is 5.97. The average molecular weight is 434 g/mol. The largest absolute Gasteiger partial charge is 0.497 e. The molecular weight excluding hydrogens is 410 g/mol. The number of carbonyl (C=O) groups excluding carboxylic acids is 1. The van der Waals surface area contributed by atoms with Gasteiger partial charge in [0, 0.05) is 29.7 Å². The minimum atomic E-state index is -0.296. The van der Waals surface area contributed by atoms with Gasteiger partial charge in [-0.3, -0.25) is 4.79 Å². The number of rotatable bonds is 9. The van der Waals surface area contributed by atoms with Crippen molar-refractivity contribution >= 4 is 23.3 Å². The van der Waals surface area contributed by atoms with Crippen molar-refractivity contribution in [3.05, 3.63) is 35.0 Å². The molecule has 8 nitrogen and oxygen atoms in total. The number of halogens is 1. The number of ether oxygens (including phenoxy) is 4. The summed E-state index contributed by atoms with van der Waals surface area (Å²) in [5.41, 5.74) is 1.31. The summed E-state index contributed by atoms with van der Waals surface area (Å²) in [4.78, 5) is 11.8.